The summed E-state index contributed by atoms with van der Waals surface area (Å²) in [6.45, 7) is 4.56. The number of unbranched alkanes of at least 4 members (excludes halogenated alkanes) is 1. The number of hydrogen-bond donors (Lipinski definition) is 2. The third-order valence-corrected chi connectivity index (χ3v) is 7.03. The minimum Gasteiger partial charge on any atom is -0.465 e. The summed E-state index contributed by atoms with van der Waals surface area (Å²) in [5, 5.41) is 9.87. The van der Waals surface area contributed by atoms with E-state index < -0.39 is 29.7 Å². The highest BCUT2D eigenvalue weighted by Crippen LogP contribution is 2.32. The van der Waals surface area contributed by atoms with E-state index >= 15 is 0 Å². The molecule has 0 bridgehead atoms. The molecule has 2 N–H and O–H groups in total. The number of fused-ring (bicyclic) bond motifs is 1. The summed E-state index contributed by atoms with van der Waals surface area (Å²) in [5.41, 5.74) is 1.82. The van der Waals surface area contributed by atoms with Crippen molar-refractivity contribution in [3.8, 4) is 0 Å². The van der Waals surface area contributed by atoms with Crippen LogP contribution in [0.2, 0.25) is 0 Å². The zero-order valence-electron chi connectivity index (χ0n) is 21.1. The van der Waals surface area contributed by atoms with Crippen molar-refractivity contribution in [1.82, 2.24) is 24.9 Å². The lowest BCUT2D eigenvalue weighted by Crippen LogP contribution is -2.54. The summed E-state index contributed by atoms with van der Waals surface area (Å²) in [6.07, 6.45) is 5.68. The Hall–Kier alpha value is -4.06. The van der Waals surface area contributed by atoms with Crippen LogP contribution in [0.3, 0.4) is 0 Å². The van der Waals surface area contributed by atoms with E-state index in [9.17, 15) is 24.0 Å². The van der Waals surface area contributed by atoms with Gasteiger partial charge in [0.2, 0.25) is 11.8 Å². The topological polar surface area (TPSA) is 143 Å². The van der Waals surface area contributed by atoms with Gasteiger partial charge in [0.25, 0.3) is 11.8 Å². The van der Waals surface area contributed by atoms with Crippen molar-refractivity contribution >= 4 is 35.3 Å². The fourth-order valence-corrected chi connectivity index (χ4v) is 4.93. The van der Waals surface area contributed by atoms with Gasteiger partial charge >= 0.3 is 5.97 Å². The fourth-order valence-electron chi connectivity index (χ4n) is 4.93. The fraction of sp³-hybridized carbons (Fsp3) is 0.462. The average molecular weight is 523 g/mol. The Morgan fingerprint density at radius 3 is 2.76 bits per heavy atom. The zero-order valence-corrected chi connectivity index (χ0v) is 21.1. The van der Waals surface area contributed by atoms with E-state index in [2.05, 4.69) is 15.7 Å². The molecule has 4 amide bonds. The van der Waals surface area contributed by atoms with E-state index in [1.165, 1.54) is 0 Å². The van der Waals surface area contributed by atoms with Crippen LogP contribution in [0.15, 0.2) is 30.6 Å². The summed E-state index contributed by atoms with van der Waals surface area (Å²) in [6, 6.07) is 4.11. The lowest BCUT2D eigenvalue weighted by atomic mass is 10.0. The summed E-state index contributed by atoms with van der Waals surface area (Å²) in [7, 11) is 0. The summed E-state index contributed by atoms with van der Waals surface area (Å²) in [5.74, 6) is -2.35. The maximum atomic E-state index is 13.2. The average Bonchev–Trinajstić information content (AvgIpc) is 3.43. The number of aromatic nitrogens is 2. The number of nitrogens with one attached hydrogen (secondary N) is 2. The second-order valence-electron chi connectivity index (χ2n) is 9.78. The number of rotatable bonds is 10. The smallest absolute Gasteiger partial charge is 0.320 e. The molecule has 4 heterocycles. The molecule has 1 aromatic heterocycles. The quantitative estimate of drug-likeness (QED) is 0.266. The van der Waals surface area contributed by atoms with Gasteiger partial charge < -0.3 is 10.1 Å². The van der Waals surface area contributed by atoms with Gasteiger partial charge in [-0.15, -0.1) is 0 Å². The van der Waals surface area contributed by atoms with E-state index in [1.54, 1.807) is 24.4 Å². The van der Waals surface area contributed by atoms with E-state index in [4.69, 9.17) is 4.74 Å². The Kier molecular flexibility index (Phi) is 7.23. The Bertz CT molecular complexity index is 1280. The summed E-state index contributed by atoms with van der Waals surface area (Å²) in [4.78, 5) is 64.9. The molecule has 2 fully saturated rings. The number of hydrogen-bond acceptors (Lipinski definition) is 9. The normalized spacial score (nSPS) is 19.8. The van der Waals surface area contributed by atoms with Crippen molar-refractivity contribution in [3.63, 3.8) is 0 Å². The number of anilines is 1. The molecule has 38 heavy (non-hydrogen) atoms. The zero-order chi connectivity index (χ0) is 26.8. The van der Waals surface area contributed by atoms with Gasteiger partial charge in [-0.3, -0.25) is 43.8 Å². The first-order valence-electron chi connectivity index (χ1n) is 12.8. The number of benzene rings is 1. The predicted octanol–water partition coefficient (Wildman–Crippen LogP) is 1.10. The van der Waals surface area contributed by atoms with Crippen LogP contribution in [0.5, 0.6) is 0 Å². The molecule has 0 aliphatic carbocycles. The van der Waals surface area contributed by atoms with Gasteiger partial charge in [-0.25, -0.2) is 0 Å². The van der Waals surface area contributed by atoms with Crippen molar-refractivity contribution in [2.75, 3.05) is 31.6 Å². The molecule has 5 rings (SSSR count). The van der Waals surface area contributed by atoms with Crippen molar-refractivity contribution in [2.45, 2.75) is 51.2 Å². The van der Waals surface area contributed by atoms with Gasteiger partial charge in [0.15, 0.2) is 0 Å². The lowest BCUT2D eigenvalue weighted by Gasteiger charge is -2.38. The van der Waals surface area contributed by atoms with Crippen LogP contribution in [0.25, 0.3) is 0 Å². The third kappa shape index (κ3) is 5.03. The van der Waals surface area contributed by atoms with Gasteiger partial charge in [0.05, 0.1) is 36.5 Å². The molecule has 0 spiro atoms. The second-order valence-corrected chi connectivity index (χ2v) is 9.78. The van der Waals surface area contributed by atoms with Gasteiger partial charge in [-0.05, 0) is 25.0 Å². The first-order chi connectivity index (χ1) is 18.4. The molecular formula is C26H30N6O6. The summed E-state index contributed by atoms with van der Waals surface area (Å²) < 4.78 is 7.08. The van der Waals surface area contributed by atoms with Gasteiger partial charge in [-0.2, -0.15) is 5.10 Å². The molecule has 12 heteroatoms. The first kappa shape index (κ1) is 25.6. The molecule has 200 valence electrons. The van der Waals surface area contributed by atoms with Crippen LogP contribution in [0, 0.1) is 0 Å². The number of nitrogens with zero attached hydrogens (tertiary/aromatic N) is 4. The number of ether oxygens (including phenoxy) is 1. The third-order valence-electron chi connectivity index (χ3n) is 7.03. The number of piperidine rings is 1. The maximum Gasteiger partial charge on any atom is 0.320 e. The molecule has 1 unspecified atom stereocenters. The van der Waals surface area contributed by atoms with Crippen LogP contribution in [0.1, 0.15) is 64.9 Å². The summed E-state index contributed by atoms with van der Waals surface area (Å²) >= 11 is 0. The molecule has 3 aliphatic heterocycles. The van der Waals surface area contributed by atoms with Crippen LogP contribution in [-0.4, -0.2) is 81.5 Å². The maximum absolute atomic E-state index is 13.2. The Balaban J connectivity index is 1.17. The molecule has 0 radical (unpaired) electrons. The van der Waals surface area contributed by atoms with Gasteiger partial charge in [0.1, 0.15) is 6.04 Å². The molecule has 2 saturated heterocycles. The van der Waals surface area contributed by atoms with Crippen molar-refractivity contribution in [1.29, 1.82) is 0 Å². The van der Waals surface area contributed by atoms with Gasteiger partial charge in [-0.1, -0.05) is 19.4 Å². The van der Waals surface area contributed by atoms with E-state index in [0.717, 1.165) is 23.3 Å². The number of esters is 1. The minimum absolute atomic E-state index is 0.0701. The Morgan fingerprint density at radius 1 is 1.18 bits per heavy atom. The molecule has 1 aromatic carbocycles. The van der Waals surface area contributed by atoms with Crippen LogP contribution in [-0.2, 0) is 25.7 Å². The van der Waals surface area contributed by atoms with Crippen LogP contribution in [0.4, 0.5) is 5.69 Å². The van der Waals surface area contributed by atoms with E-state index in [0.29, 0.717) is 31.9 Å². The highest BCUT2D eigenvalue weighted by molar-refractivity contribution is 6.25. The van der Waals surface area contributed by atoms with E-state index in [1.807, 2.05) is 22.7 Å². The van der Waals surface area contributed by atoms with Crippen molar-refractivity contribution in [2.24, 2.45) is 0 Å². The molecule has 12 nitrogen and oxygen atoms in total. The van der Waals surface area contributed by atoms with Crippen LogP contribution >= 0.6 is 0 Å². The van der Waals surface area contributed by atoms with E-state index in [-0.39, 0.29) is 42.5 Å². The minimum atomic E-state index is -1.01. The Morgan fingerprint density at radius 2 is 2.00 bits per heavy atom. The SMILES string of the molecule is CCCCOC(=O)CN1CC(n2cc(CNc3cccc4c3C(=O)N(C3CCC(=O)NC3=O)C4=O)cn2)C1. The molecular weight excluding hydrogens is 492 g/mol. The monoisotopic (exact) mass is 522 g/mol. The van der Waals surface area contributed by atoms with Crippen molar-refractivity contribution < 1.29 is 28.7 Å². The molecule has 3 aliphatic rings. The highest BCUT2D eigenvalue weighted by atomic mass is 16.5. The standard InChI is InChI=1S/C26H30N6O6/c1-2-3-9-38-22(34)15-30-13-17(14-30)31-12-16(11-28-31)10-27-19-6-4-5-18-23(19)26(37)32(25(18)36)20-7-8-21(33)29-24(20)35/h4-6,11-12,17,20,27H,2-3,7-10,13-15H2,1H3,(H,29,33,35). The van der Waals surface area contributed by atoms with Crippen molar-refractivity contribution in [3.05, 3.63) is 47.3 Å². The highest BCUT2D eigenvalue weighted by Gasteiger charge is 2.45. The number of amides is 4. The largest absolute Gasteiger partial charge is 0.465 e. The Labute approximate surface area is 219 Å². The van der Waals surface area contributed by atoms with Crippen LogP contribution < -0.4 is 10.6 Å². The first-order valence-corrected chi connectivity index (χ1v) is 12.8. The molecule has 2 aromatic rings. The second kappa shape index (κ2) is 10.7. The van der Waals surface area contributed by atoms with Gasteiger partial charge in [0, 0.05) is 43.5 Å². The number of imide groups is 2. The lowest BCUT2D eigenvalue weighted by molar-refractivity contribution is -0.146. The number of carbonyl (C=O) groups is 5. The number of carbonyl (C=O) groups excluding carboxylic acids is 5. The molecule has 1 atom stereocenters. The molecule has 0 saturated carbocycles. The number of likely N-dealkylation sites (tertiary alicyclic amines) is 1. The predicted molar refractivity (Wildman–Crippen MR) is 134 cm³/mol.